The van der Waals surface area contributed by atoms with Crippen molar-refractivity contribution < 1.29 is 4.74 Å². The highest BCUT2D eigenvalue weighted by Crippen LogP contribution is 2.28. The zero-order valence-corrected chi connectivity index (χ0v) is 17.8. The van der Waals surface area contributed by atoms with Crippen molar-refractivity contribution in [3.05, 3.63) is 45.9 Å². The Labute approximate surface area is 166 Å². The van der Waals surface area contributed by atoms with Gasteiger partial charge in [-0.15, -0.1) is 11.3 Å². The second-order valence-corrected chi connectivity index (χ2v) is 8.92. The SMILES string of the molecule is CN=C(NCc1nc(C(C)(C)C)cs1)N1CCC(c2ccc(OC)cc2)C1. The Kier molecular flexibility index (Phi) is 6.05. The van der Waals surface area contributed by atoms with E-state index in [9.17, 15) is 0 Å². The van der Waals surface area contributed by atoms with Gasteiger partial charge in [-0.3, -0.25) is 4.99 Å². The van der Waals surface area contributed by atoms with Crippen LogP contribution in [0.15, 0.2) is 34.6 Å². The van der Waals surface area contributed by atoms with Gasteiger partial charge in [0.25, 0.3) is 0 Å². The van der Waals surface area contributed by atoms with Gasteiger partial charge in [-0.2, -0.15) is 0 Å². The lowest BCUT2D eigenvalue weighted by Gasteiger charge is -2.21. The number of benzene rings is 1. The lowest BCUT2D eigenvalue weighted by molar-refractivity contribution is 0.414. The van der Waals surface area contributed by atoms with E-state index in [4.69, 9.17) is 9.72 Å². The third-order valence-corrected chi connectivity index (χ3v) is 5.85. The average Bonchev–Trinajstić information content (AvgIpc) is 3.32. The van der Waals surface area contributed by atoms with Crippen molar-refractivity contribution in [3.8, 4) is 5.75 Å². The van der Waals surface area contributed by atoms with Crippen LogP contribution in [0.4, 0.5) is 0 Å². The van der Waals surface area contributed by atoms with Crippen LogP contribution < -0.4 is 10.1 Å². The summed E-state index contributed by atoms with van der Waals surface area (Å²) in [6.07, 6.45) is 1.14. The summed E-state index contributed by atoms with van der Waals surface area (Å²) in [6.45, 7) is 9.31. The molecule has 27 heavy (non-hydrogen) atoms. The van der Waals surface area contributed by atoms with Crippen LogP contribution in [0.5, 0.6) is 5.75 Å². The highest BCUT2D eigenvalue weighted by molar-refractivity contribution is 7.09. The molecule has 1 unspecified atom stereocenters. The first-order chi connectivity index (χ1) is 12.9. The number of thiazole rings is 1. The van der Waals surface area contributed by atoms with Gasteiger partial charge in [-0.1, -0.05) is 32.9 Å². The van der Waals surface area contributed by atoms with Gasteiger partial charge in [0, 0.05) is 36.9 Å². The quantitative estimate of drug-likeness (QED) is 0.637. The van der Waals surface area contributed by atoms with Crippen molar-refractivity contribution in [3.63, 3.8) is 0 Å². The first kappa shape index (κ1) is 19.7. The number of nitrogens with zero attached hydrogens (tertiary/aromatic N) is 3. The van der Waals surface area contributed by atoms with E-state index in [1.807, 2.05) is 19.2 Å². The highest BCUT2D eigenvalue weighted by atomic mass is 32.1. The van der Waals surface area contributed by atoms with Crippen molar-refractivity contribution in [1.29, 1.82) is 0 Å². The van der Waals surface area contributed by atoms with E-state index in [1.54, 1.807) is 18.4 Å². The van der Waals surface area contributed by atoms with Crippen LogP contribution in [0.1, 0.15) is 49.4 Å². The Morgan fingerprint density at radius 1 is 1.33 bits per heavy atom. The molecule has 1 saturated heterocycles. The molecule has 0 radical (unpaired) electrons. The van der Waals surface area contributed by atoms with Gasteiger partial charge >= 0.3 is 0 Å². The Bertz CT molecular complexity index is 776. The van der Waals surface area contributed by atoms with E-state index in [-0.39, 0.29) is 5.41 Å². The molecule has 0 bridgehead atoms. The number of nitrogens with one attached hydrogen (secondary N) is 1. The maximum Gasteiger partial charge on any atom is 0.194 e. The summed E-state index contributed by atoms with van der Waals surface area (Å²) in [6, 6.07) is 8.43. The van der Waals surface area contributed by atoms with Gasteiger partial charge in [0.05, 0.1) is 19.3 Å². The molecular formula is C21H30N4OS. The van der Waals surface area contributed by atoms with Crippen LogP contribution in [0.3, 0.4) is 0 Å². The van der Waals surface area contributed by atoms with Crippen molar-refractivity contribution in [2.45, 2.75) is 45.1 Å². The molecule has 0 spiro atoms. The molecule has 1 aliphatic heterocycles. The Balaban J connectivity index is 1.57. The standard InChI is InChI=1S/C21H30N4OS/c1-21(2,3)18-14-27-19(24-18)12-23-20(22-4)25-11-10-16(13-25)15-6-8-17(26-5)9-7-15/h6-9,14,16H,10-13H2,1-5H3,(H,22,23). The van der Waals surface area contributed by atoms with E-state index in [2.05, 4.69) is 53.5 Å². The molecule has 1 N–H and O–H groups in total. The minimum Gasteiger partial charge on any atom is -0.497 e. The molecule has 1 atom stereocenters. The number of likely N-dealkylation sites (tertiary alicyclic amines) is 1. The molecule has 2 heterocycles. The molecule has 5 nitrogen and oxygen atoms in total. The van der Waals surface area contributed by atoms with E-state index in [0.29, 0.717) is 5.92 Å². The number of aliphatic imine (C=N–C) groups is 1. The summed E-state index contributed by atoms with van der Waals surface area (Å²) in [4.78, 5) is 11.6. The first-order valence-electron chi connectivity index (χ1n) is 9.45. The van der Waals surface area contributed by atoms with Crippen LogP contribution >= 0.6 is 11.3 Å². The van der Waals surface area contributed by atoms with Gasteiger partial charge < -0.3 is 15.0 Å². The molecule has 1 aromatic carbocycles. The Morgan fingerprint density at radius 2 is 2.07 bits per heavy atom. The van der Waals surface area contributed by atoms with Crippen molar-refractivity contribution in [2.75, 3.05) is 27.2 Å². The Morgan fingerprint density at radius 3 is 2.67 bits per heavy atom. The number of guanidine groups is 1. The molecule has 3 rings (SSSR count). The van der Waals surface area contributed by atoms with Crippen molar-refractivity contribution in [2.24, 2.45) is 4.99 Å². The fraction of sp³-hybridized carbons (Fsp3) is 0.524. The van der Waals surface area contributed by atoms with E-state index < -0.39 is 0 Å². The van der Waals surface area contributed by atoms with Crippen LogP contribution in [-0.2, 0) is 12.0 Å². The molecule has 2 aromatic rings. The van der Waals surface area contributed by atoms with Gasteiger partial charge in [-0.05, 0) is 24.1 Å². The number of methoxy groups -OCH3 is 1. The second kappa shape index (κ2) is 8.30. The monoisotopic (exact) mass is 386 g/mol. The fourth-order valence-corrected chi connectivity index (χ4v) is 4.28. The maximum atomic E-state index is 5.26. The molecule has 146 valence electrons. The van der Waals surface area contributed by atoms with Crippen LogP contribution in [0.2, 0.25) is 0 Å². The van der Waals surface area contributed by atoms with Crippen molar-refractivity contribution >= 4 is 17.3 Å². The van der Waals surface area contributed by atoms with Gasteiger partial charge in [0.15, 0.2) is 5.96 Å². The third kappa shape index (κ3) is 4.80. The summed E-state index contributed by atoms with van der Waals surface area (Å²) < 4.78 is 5.26. The largest absolute Gasteiger partial charge is 0.497 e. The molecule has 0 amide bonds. The highest BCUT2D eigenvalue weighted by Gasteiger charge is 2.26. The summed E-state index contributed by atoms with van der Waals surface area (Å²) in [5.74, 6) is 2.39. The van der Waals surface area contributed by atoms with Gasteiger partial charge in [0.2, 0.25) is 0 Å². The number of rotatable bonds is 4. The fourth-order valence-electron chi connectivity index (χ4n) is 3.32. The minimum atomic E-state index is 0.0942. The maximum absolute atomic E-state index is 5.26. The zero-order chi connectivity index (χ0) is 19.4. The molecule has 0 aliphatic carbocycles. The molecule has 1 aliphatic rings. The normalized spacial score (nSPS) is 18.0. The number of ether oxygens (including phenoxy) is 1. The summed E-state index contributed by atoms with van der Waals surface area (Å²) in [5.41, 5.74) is 2.61. The van der Waals surface area contributed by atoms with E-state index in [0.717, 1.165) is 48.5 Å². The van der Waals surface area contributed by atoms with E-state index in [1.165, 1.54) is 5.56 Å². The van der Waals surface area contributed by atoms with Crippen LogP contribution in [0, 0.1) is 0 Å². The number of hydrogen-bond acceptors (Lipinski definition) is 4. The molecule has 0 saturated carbocycles. The summed E-state index contributed by atoms with van der Waals surface area (Å²) >= 11 is 1.71. The van der Waals surface area contributed by atoms with Crippen molar-refractivity contribution in [1.82, 2.24) is 15.2 Å². The zero-order valence-electron chi connectivity index (χ0n) is 17.0. The Hall–Kier alpha value is -2.08. The predicted octanol–water partition coefficient (Wildman–Crippen LogP) is 4.01. The topological polar surface area (TPSA) is 49.8 Å². The minimum absolute atomic E-state index is 0.0942. The number of aromatic nitrogens is 1. The predicted molar refractivity (Wildman–Crippen MR) is 113 cm³/mol. The lowest BCUT2D eigenvalue weighted by atomic mass is 9.93. The second-order valence-electron chi connectivity index (χ2n) is 7.98. The lowest BCUT2D eigenvalue weighted by Crippen LogP contribution is -2.39. The average molecular weight is 387 g/mol. The van der Waals surface area contributed by atoms with E-state index >= 15 is 0 Å². The van der Waals surface area contributed by atoms with Crippen LogP contribution in [-0.4, -0.2) is 43.1 Å². The first-order valence-corrected chi connectivity index (χ1v) is 10.3. The molecule has 6 heteroatoms. The van der Waals surface area contributed by atoms with Crippen LogP contribution in [0.25, 0.3) is 0 Å². The number of hydrogen-bond donors (Lipinski definition) is 1. The smallest absolute Gasteiger partial charge is 0.194 e. The van der Waals surface area contributed by atoms with Gasteiger partial charge in [-0.25, -0.2) is 4.98 Å². The third-order valence-electron chi connectivity index (χ3n) is 5.00. The summed E-state index contributed by atoms with van der Waals surface area (Å²) in [7, 11) is 3.56. The molecule has 1 fully saturated rings. The molecule has 1 aromatic heterocycles. The summed E-state index contributed by atoms with van der Waals surface area (Å²) in [5, 5.41) is 6.75. The molecular weight excluding hydrogens is 356 g/mol. The van der Waals surface area contributed by atoms with Gasteiger partial charge in [0.1, 0.15) is 10.8 Å².